The van der Waals surface area contributed by atoms with Gasteiger partial charge in [-0.3, -0.25) is 14.2 Å². The fourth-order valence-electron chi connectivity index (χ4n) is 2.80. The molecule has 2 amide bonds. The average molecular weight is 459 g/mol. The van der Waals surface area contributed by atoms with Gasteiger partial charge in [0.2, 0.25) is 5.91 Å². The molecule has 0 spiro atoms. The number of hydrogen-bond acceptors (Lipinski definition) is 3. The maximum atomic E-state index is 12.9. The summed E-state index contributed by atoms with van der Waals surface area (Å²) in [5, 5.41) is 2.84. The monoisotopic (exact) mass is 458 g/mol. The van der Waals surface area contributed by atoms with E-state index in [1.165, 1.54) is 4.90 Å². The summed E-state index contributed by atoms with van der Waals surface area (Å²) in [5.74, 6) is -0.583. The van der Waals surface area contributed by atoms with Crippen molar-refractivity contribution >= 4 is 45.6 Å². The topological polar surface area (TPSA) is 70.1 Å². The molecule has 28 heavy (non-hydrogen) atoms. The summed E-state index contributed by atoms with van der Waals surface area (Å²) in [6, 6.07) is 14.9. The molecule has 0 aliphatic heterocycles. The Morgan fingerprint density at radius 3 is 2.61 bits per heavy atom. The molecule has 0 fully saturated rings. The van der Waals surface area contributed by atoms with Gasteiger partial charge in [0.05, 0.1) is 6.54 Å². The van der Waals surface area contributed by atoms with Gasteiger partial charge in [-0.25, -0.2) is 0 Å². The number of nitrogens with zero attached hydrogens (tertiary/aromatic N) is 2. The van der Waals surface area contributed by atoms with Gasteiger partial charge in [-0.1, -0.05) is 34.1 Å². The molecule has 6 nitrogen and oxygen atoms in total. The van der Waals surface area contributed by atoms with E-state index in [9.17, 15) is 9.59 Å². The van der Waals surface area contributed by atoms with Crippen molar-refractivity contribution in [3.8, 4) is 5.69 Å². The number of likely N-dealkylation sites (N-methyl/N-ethyl adjacent to an activating group) is 1. The Bertz CT molecular complexity index is 1080. The van der Waals surface area contributed by atoms with Crippen LogP contribution in [0.3, 0.4) is 0 Å². The number of para-hydroxylation sites is 1. The molecule has 0 aliphatic rings. The van der Waals surface area contributed by atoms with E-state index in [1.807, 2.05) is 55.5 Å². The minimum atomic E-state index is -0.307. The van der Waals surface area contributed by atoms with Crippen molar-refractivity contribution in [1.29, 1.82) is 0 Å². The molecular formula is C20H19BrN4O2S. The van der Waals surface area contributed by atoms with Gasteiger partial charge in [-0.2, -0.15) is 0 Å². The van der Waals surface area contributed by atoms with Crippen LogP contribution in [-0.2, 0) is 4.79 Å². The molecule has 0 bridgehead atoms. The number of carbonyl (C=O) groups excluding carboxylic acids is 2. The van der Waals surface area contributed by atoms with E-state index in [4.69, 9.17) is 12.2 Å². The van der Waals surface area contributed by atoms with E-state index in [0.29, 0.717) is 16.2 Å². The predicted molar refractivity (Wildman–Crippen MR) is 115 cm³/mol. The van der Waals surface area contributed by atoms with Crippen LogP contribution in [0.5, 0.6) is 0 Å². The molecule has 1 heterocycles. The standard InChI is InChI=1S/C20H19BrN4O2S/c1-13-10-14(21)8-9-16(13)23-18(26)12-24(2)19(27)17-11-22-20(28)25(17)15-6-4-3-5-7-15/h3-11H,12H2,1-2H3,(H,22,28)(H,23,26). The lowest BCUT2D eigenvalue weighted by Crippen LogP contribution is -2.36. The highest BCUT2D eigenvalue weighted by Gasteiger charge is 2.20. The van der Waals surface area contributed by atoms with Gasteiger partial charge in [0.15, 0.2) is 4.77 Å². The number of halogens is 1. The zero-order valence-electron chi connectivity index (χ0n) is 15.4. The second-order valence-corrected chi connectivity index (χ2v) is 7.62. The second kappa shape index (κ2) is 8.53. The third-order valence-corrected chi connectivity index (χ3v) is 4.99. The van der Waals surface area contributed by atoms with Crippen molar-refractivity contribution in [1.82, 2.24) is 14.5 Å². The number of benzene rings is 2. The van der Waals surface area contributed by atoms with Crippen LogP contribution in [0, 0.1) is 11.7 Å². The Morgan fingerprint density at radius 1 is 1.21 bits per heavy atom. The average Bonchev–Trinajstić information content (AvgIpc) is 3.05. The maximum absolute atomic E-state index is 12.9. The lowest BCUT2D eigenvalue weighted by Gasteiger charge is -2.18. The van der Waals surface area contributed by atoms with E-state index >= 15 is 0 Å². The fourth-order valence-corrected chi connectivity index (χ4v) is 3.54. The SMILES string of the molecule is Cc1cc(Br)ccc1NC(=O)CN(C)C(=O)c1c[nH]c(=S)n1-c1ccccc1. The van der Waals surface area contributed by atoms with Crippen LogP contribution < -0.4 is 5.32 Å². The number of aromatic amines is 1. The van der Waals surface area contributed by atoms with Gasteiger partial charge in [0, 0.05) is 29.1 Å². The van der Waals surface area contributed by atoms with Crippen molar-refractivity contribution in [2.45, 2.75) is 6.92 Å². The Balaban J connectivity index is 1.75. The van der Waals surface area contributed by atoms with Crippen LogP contribution in [0.25, 0.3) is 5.69 Å². The summed E-state index contributed by atoms with van der Waals surface area (Å²) in [7, 11) is 1.59. The van der Waals surface area contributed by atoms with Crippen molar-refractivity contribution in [2.75, 3.05) is 18.9 Å². The van der Waals surface area contributed by atoms with E-state index < -0.39 is 0 Å². The minimum absolute atomic E-state index is 0.0823. The smallest absolute Gasteiger partial charge is 0.272 e. The van der Waals surface area contributed by atoms with Crippen LogP contribution in [0.15, 0.2) is 59.2 Å². The number of nitrogens with one attached hydrogen (secondary N) is 2. The first-order valence-electron chi connectivity index (χ1n) is 8.54. The summed E-state index contributed by atoms with van der Waals surface area (Å²) < 4.78 is 3.01. The van der Waals surface area contributed by atoms with Crippen LogP contribution >= 0.6 is 28.1 Å². The summed E-state index contributed by atoms with van der Waals surface area (Å²) in [6.07, 6.45) is 1.56. The first kappa shape index (κ1) is 20.0. The summed E-state index contributed by atoms with van der Waals surface area (Å²) in [6.45, 7) is 1.82. The zero-order valence-corrected chi connectivity index (χ0v) is 17.8. The highest BCUT2D eigenvalue weighted by Crippen LogP contribution is 2.20. The number of aromatic nitrogens is 2. The summed E-state index contributed by atoms with van der Waals surface area (Å²) >= 11 is 8.71. The van der Waals surface area contributed by atoms with Gasteiger partial charge in [0.25, 0.3) is 5.91 Å². The number of anilines is 1. The molecule has 2 N–H and O–H groups in total. The largest absolute Gasteiger partial charge is 0.336 e. The number of aryl methyl sites for hydroxylation is 1. The third kappa shape index (κ3) is 4.40. The molecule has 0 unspecified atom stereocenters. The molecule has 3 rings (SSSR count). The van der Waals surface area contributed by atoms with Crippen LogP contribution in [0.4, 0.5) is 5.69 Å². The quantitative estimate of drug-likeness (QED) is 0.559. The zero-order chi connectivity index (χ0) is 20.3. The number of imidazole rings is 1. The van der Waals surface area contributed by atoms with Gasteiger partial charge in [-0.05, 0) is 55.0 Å². The molecular weight excluding hydrogens is 440 g/mol. The molecule has 0 atom stereocenters. The van der Waals surface area contributed by atoms with Gasteiger partial charge in [-0.15, -0.1) is 0 Å². The number of hydrogen-bond donors (Lipinski definition) is 2. The van der Waals surface area contributed by atoms with Gasteiger partial charge < -0.3 is 15.2 Å². The van der Waals surface area contributed by atoms with Crippen LogP contribution in [-0.4, -0.2) is 39.9 Å². The molecule has 0 aliphatic carbocycles. The Kier molecular flexibility index (Phi) is 6.11. The highest BCUT2D eigenvalue weighted by atomic mass is 79.9. The number of H-pyrrole nitrogens is 1. The first-order chi connectivity index (χ1) is 13.4. The van der Waals surface area contributed by atoms with E-state index in [1.54, 1.807) is 17.8 Å². The normalized spacial score (nSPS) is 10.5. The lowest BCUT2D eigenvalue weighted by molar-refractivity contribution is -0.116. The molecule has 0 saturated heterocycles. The van der Waals surface area contributed by atoms with Gasteiger partial charge in [0.1, 0.15) is 5.69 Å². The molecule has 0 radical (unpaired) electrons. The minimum Gasteiger partial charge on any atom is -0.336 e. The van der Waals surface area contributed by atoms with Crippen LogP contribution in [0.2, 0.25) is 0 Å². The molecule has 1 aromatic heterocycles. The number of carbonyl (C=O) groups is 2. The molecule has 2 aromatic carbocycles. The Hall–Kier alpha value is -2.71. The van der Waals surface area contributed by atoms with Crippen molar-refractivity contribution in [3.05, 3.63) is 75.2 Å². The summed E-state index contributed by atoms with van der Waals surface area (Å²) in [4.78, 5) is 29.6. The Morgan fingerprint density at radius 2 is 1.93 bits per heavy atom. The van der Waals surface area contributed by atoms with E-state index in [0.717, 1.165) is 15.7 Å². The van der Waals surface area contributed by atoms with Crippen LogP contribution in [0.1, 0.15) is 16.1 Å². The van der Waals surface area contributed by atoms with Crippen molar-refractivity contribution < 1.29 is 9.59 Å². The Labute approximate surface area is 176 Å². The molecule has 0 saturated carbocycles. The first-order valence-corrected chi connectivity index (χ1v) is 9.74. The number of rotatable bonds is 5. The fraction of sp³-hybridized carbons (Fsp3) is 0.150. The summed E-state index contributed by atoms with van der Waals surface area (Å²) in [5.41, 5.74) is 2.79. The second-order valence-electron chi connectivity index (χ2n) is 6.32. The maximum Gasteiger partial charge on any atom is 0.272 e. The molecule has 144 valence electrons. The molecule has 8 heteroatoms. The number of amides is 2. The van der Waals surface area contributed by atoms with Crippen molar-refractivity contribution in [2.24, 2.45) is 0 Å². The molecule has 3 aromatic rings. The lowest BCUT2D eigenvalue weighted by atomic mass is 10.2. The van der Waals surface area contributed by atoms with E-state index in [2.05, 4.69) is 26.2 Å². The van der Waals surface area contributed by atoms with Crippen molar-refractivity contribution in [3.63, 3.8) is 0 Å². The highest BCUT2D eigenvalue weighted by molar-refractivity contribution is 9.10. The van der Waals surface area contributed by atoms with Gasteiger partial charge >= 0.3 is 0 Å². The third-order valence-electron chi connectivity index (χ3n) is 4.20. The predicted octanol–water partition coefficient (Wildman–Crippen LogP) is 4.32. The van der Waals surface area contributed by atoms with E-state index in [-0.39, 0.29) is 18.4 Å².